The maximum absolute atomic E-state index is 13.0. The quantitative estimate of drug-likeness (QED) is 0.779. The van der Waals surface area contributed by atoms with Crippen molar-refractivity contribution in [2.24, 2.45) is 7.05 Å². The van der Waals surface area contributed by atoms with E-state index in [0.29, 0.717) is 12.8 Å². The van der Waals surface area contributed by atoms with E-state index in [4.69, 9.17) is 4.98 Å². The average Bonchev–Trinajstić information content (AvgIpc) is 3.05. The number of imidazole rings is 1. The van der Waals surface area contributed by atoms with Gasteiger partial charge >= 0.3 is 6.03 Å². The summed E-state index contributed by atoms with van der Waals surface area (Å²) in [4.78, 5) is 35.7. The van der Waals surface area contributed by atoms with Crippen molar-refractivity contribution < 1.29 is 9.59 Å². The lowest BCUT2D eigenvalue weighted by molar-refractivity contribution is -0.136. The molecule has 0 N–H and O–H groups in total. The van der Waals surface area contributed by atoms with Crippen LogP contribution in [0.1, 0.15) is 32.5 Å². The van der Waals surface area contributed by atoms with Crippen LogP contribution in [0.3, 0.4) is 0 Å². The van der Waals surface area contributed by atoms with E-state index in [1.54, 1.807) is 11.9 Å². The molecule has 4 rings (SSSR count). The minimum atomic E-state index is -0.676. The molecule has 2 aromatic rings. The molecule has 2 saturated heterocycles. The molecular formula is C20H27N5O2. The van der Waals surface area contributed by atoms with Crippen LogP contribution < -0.4 is 0 Å². The number of para-hydroxylation sites is 2. The highest BCUT2D eigenvalue weighted by atomic mass is 16.2. The maximum atomic E-state index is 13.0. The first-order chi connectivity index (χ1) is 12.8. The minimum Gasteiger partial charge on any atom is -0.330 e. The van der Waals surface area contributed by atoms with Crippen molar-refractivity contribution in [3.8, 4) is 0 Å². The van der Waals surface area contributed by atoms with E-state index in [-0.39, 0.29) is 18.0 Å². The summed E-state index contributed by atoms with van der Waals surface area (Å²) in [6.45, 7) is 6.09. The molecule has 27 heavy (non-hydrogen) atoms. The third-order valence-electron chi connectivity index (χ3n) is 6.20. The van der Waals surface area contributed by atoms with E-state index in [1.807, 2.05) is 39.1 Å². The van der Waals surface area contributed by atoms with Crippen molar-refractivity contribution >= 4 is 23.0 Å². The van der Waals surface area contributed by atoms with E-state index in [9.17, 15) is 9.59 Å². The lowest BCUT2D eigenvalue weighted by atomic mass is 9.86. The number of rotatable bonds is 3. The Kier molecular flexibility index (Phi) is 4.22. The summed E-state index contributed by atoms with van der Waals surface area (Å²) in [5, 5.41) is 0. The third-order valence-corrected chi connectivity index (χ3v) is 6.20. The molecule has 0 saturated carbocycles. The second-order valence-corrected chi connectivity index (χ2v) is 7.99. The molecule has 1 aromatic carbocycles. The van der Waals surface area contributed by atoms with Crippen LogP contribution in [0.5, 0.6) is 0 Å². The predicted molar refractivity (Wildman–Crippen MR) is 103 cm³/mol. The van der Waals surface area contributed by atoms with Gasteiger partial charge in [-0.05, 0) is 38.8 Å². The van der Waals surface area contributed by atoms with Gasteiger partial charge in [0.15, 0.2) is 0 Å². The van der Waals surface area contributed by atoms with Gasteiger partial charge in [-0.3, -0.25) is 14.6 Å². The normalized spacial score (nSPS) is 20.6. The van der Waals surface area contributed by atoms with Crippen molar-refractivity contribution in [3.63, 3.8) is 0 Å². The number of benzene rings is 1. The number of likely N-dealkylation sites (tertiary alicyclic amines) is 1. The topological polar surface area (TPSA) is 61.7 Å². The fourth-order valence-corrected chi connectivity index (χ4v) is 4.42. The zero-order chi connectivity index (χ0) is 19.3. The first-order valence-electron chi connectivity index (χ1n) is 9.59. The number of urea groups is 1. The molecule has 2 aliphatic heterocycles. The molecular weight excluding hydrogens is 342 g/mol. The van der Waals surface area contributed by atoms with Gasteiger partial charge in [0.2, 0.25) is 0 Å². The highest BCUT2D eigenvalue weighted by Gasteiger charge is 2.56. The zero-order valence-electron chi connectivity index (χ0n) is 16.5. The Balaban J connectivity index is 1.49. The molecule has 7 heteroatoms. The number of nitrogens with zero attached hydrogens (tertiary/aromatic N) is 5. The van der Waals surface area contributed by atoms with Crippen LogP contribution in [0.2, 0.25) is 0 Å². The molecule has 0 bridgehead atoms. The lowest BCUT2D eigenvalue weighted by Crippen LogP contribution is -2.55. The van der Waals surface area contributed by atoms with E-state index >= 15 is 0 Å². The number of imide groups is 1. The summed E-state index contributed by atoms with van der Waals surface area (Å²) < 4.78 is 2.14. The minimum absolute atomic E-state index is 0.0348. The van der Waals surface area contributed by atoms with Crippen LogP contribution in [0, 0.1) is 0 Å². The number of likely N-dealkylation sites (N-methyl/N-ethyl adjacent to an activating group) is 1. The van der Waals surface area contributed by atoms with E-state index in [0.717, 1.165) is 36.5 Å². The Morgan fingerprint density at radius 2 is 1.78 bits per heavy atom. The predicted octanol–water partition coefficient (Wildman–Crippen LogP) is 2.21. The molecule has 0 aliphatic carbocycles. The molecule has 0 unspecified atom stereocenters. The van der Waals surface area contributed by atoms with Crippen LogP contribution in [0.4, 0.5) is 4.79 Å². The summed E-state index contributed by atoms with van der Waals surface area (Å²) in [6.07, 6.45) is 1.34. The number of piperidine rings is 1. The van der Waals surface area contributed by atoms with Crippen LogP contribution in [-0.4, -0.2) is 67.9 Å². The van der Waals surface area contributed by atoms with E-state index in [2.05, 4.69) is 15.5 Å². The Bertz CT molecular complexity index is 895. The second-order valence-electron chi connectivity index (χ2n) is 7.99. The number of fused-ring (bicyclic) bond motifs is 1. The fourth-order valence-electron chi connectivity index (χ4n) is 4.42. The third kappa shape index (κ3) is 2.64. The zero-order valence-corrected chi connectivity index (χ0v) is 16.5. The van der Waals surface area contributed by atoms with E-state index in [1.165, 1.54) is 4.90 Å². The SMILES string of the molecule is CC(C)N1C(=O)N(C)C2(CCN(Cc3nc4ccccc4n3C)CC2)C1=O. The van der Waals surface area contributed by atoms with Gasteiger partial charge < -0.3 is 9.47 Å². The van der Waals surface area contributed by atoms with Gasteiger partial charge in [-0.25, -0.2) is 9.78 Å². The Hall–Kier alpha value is -2.41. The van der Waals surface area contributed by atoms with E-state index < -0.39 is 5.54 Å². The largest absolute Gasteiger partial charge is 0.330 e. The smallest absolute Gasteiger partial charge is 0.327 e. The second kappa shape index (κ2) is 6.34. The summed E-state index contributed by atoms with van der Waals surface area (Å²) in [7, 11) is 3.81. The molecule has 3 amide bonds. The monoisotopic (exact) mass is 369 g/mol. The number of amides is 3. The molecule has 1 spiro atoms. The van der Waals surface area contributed by atoms with Crippen LogP contribution in [-0.2, 0) is 18.4 Å². The number of hydrogen-bond acceptors (Lipinski definition) is 4. The summed E-state index contributed by atoms with van der Waals surface area (Å²) in [5.41, 5.74) is 1.46. The van der Waals surface area contributed by atoms with Crippen LogP contribution >= 0.6 is 0 Å². The first kappa shape index (κ1) is 18.0. The van der Waals surface area contributed by atoms with Crippen molar-refractivity contribution in [2.45, 2.75) is 44.8 Å². The number of carbonyl (C=O) groups is 2. The van der Waals surface area contributed by atoms with Gasteiger partial charge in [0.1, 0.15) is 11.4 Å². The standard InChI is InChI=1S/C20H27N5O2/c1-14(2)25-18(26)20(23(4)19(25)27)9-11-24(12-10-20)13-17-21-15-7-5-6-8-16(15)22(17)3/h5-8,14H,9-13H2,1-4H3. The van der Waals surface area contributed by atoms with Crippen LogP contribution in [0.25, 0.3) is 11.0 Å². The van der Waals surface area contributed by atoms with Crippen molar-refractivity contribution in [1.29, 1.82) is 0 Å². The van der Waals surface area contributed by atoms with Gasteiger partial charge in [-0.15, -0.1) is 0 Å². The Labute approximate surface area is 159 Å². The highest BCUT2D eigenvalue weighted by molar-refractivity contribution is 6.07. The summed E-state index contributed by atoms with van der Waals surface area (Å²) >= 11 is 0. The number of hydrogen-bond donors (Lipinski definition) is 0. The molecule has 2 aliphatic rings. The Morgan fingerprint density at radius 3 is 2.37 bits per heavy atom. The lowest BCUT2D eigenvalue weighted by Gasteiger charge is -2.40. The molecule has 1 aromatic heterocycles. The van der Waals surface area contributed by atoms with Crippen molar-refractivity contribution in [3.05, 3.63) is 30.1 Å². The average molecular weight is 369 g/mol. The van der Waals surface area contributed by atoms with Gasteiger partial charge in [-0.2, -0.15) is 0 Å². The maximum Gasteiger partial charge on any atom is 0.327 e. The molecule has 0 radical (unpaired) electrons. The molecule has 144 valence electrons. The number of aryl methyl sites for hydroxylation is 1. The van der Waals surface area contributed by atoms with Gasteiger partial charge in [0.25, 0.3) is 5.91 Å². The molecule has 7 nitrogen and oxygen atoms in total. The van der Waals surface area contributed by atoms with Crippen molar-refractivity contribution in [1.82, 2.24) is 24.3 Å². The first-order valence-corrected chi connectivity index (χ1v) is 9.59. The molecule has 0 atom stereocenters. The molecule has 2 fully saturated rings. The van der Waals surface area contributed by atoms with Crippen molar-refractivity contribution in [2.75, 3.05) is 20.1 Å². The Morgan fingerprint density at radius 1 is 1.11 bits per heavy atom. The van der Waals surface area contributed by atoms with Gasteiger partial charge in [0, 0.05) is 33.2 Å². The molecule has 3 heterocycles. The van der Waals surface area contributed by atoms with Crippen LogP contribution in [0.15, 0.2) is 24.3 Å². The summed E-state index contributed by atoms with van der Waals surface area (Å²) in [6, 6.07) is 7.86. The number of carbonyl (C=O) groups excluding carboxylic acids is 2. The number of aromatic nitrogens is 2. The fraction of sp³-hybridized carbons (Fsp3) is 0.550. The van der Waals surface area contributed by atoms with Gasteiger partial charge in [0.05, 0.1) is 17.6 Å². The summed E-state index contributed by atoms with van der Waals surface area (Å²) in [5.74, 6) is 0.991. The highest BCUT2D eigenvalue weighted by Crippen LogP contribution is 2.37. The van der Waals surface area contributed by atoms with Gasteiger partial charge in [-0.1, -0.05) is 12.1 Å².